The summed E-state index contributed by atoms with van der Waals surface area (Å²) >= 11 is -0.182. The summed E-state index contributed by atoms with van der Waals surface area (Å²) in [6.07, 6.45) is 1.89. The Morgan fingerprint density at radius 3 is 2.27 bits per heavy atom. The predicted octanol–water partition coefficient (Wildman–Crippen LogP) is 2.14. The molecule has 0 atom stereocenters. The Bertz CT molecular complexity index is 794. The molecule has 112 valence electrons. The first-order valence-electron chi connectivity index (χ1n) is 7.09. The van der Waals surface area contributed by atoms with Crippen molar-refractivity contribution in [3.05, 3.63) is 75.5 Å². The standard InChI is InChI=1S/C19H17INS/c1-13-8-14(2)10-17(9-13)19-12-16(6-7-21-19)15-4-3-5-18(11-15)20-22/h3-12,22H,1-2H3/q-1. The van der Waals surface area contributed by atoms with Crippen molar-refractivity contribution >= 4 is 9.80 Å². The quantitative estimate of drug-likeness (QED) is 0.508. The number of hydrogen-bond acceptors (Lipinski definition) is 2. The molecule has 0 saturated carbocycles. The summed E-state index contributed by atoms with van der Waals surface area (Å²) in [6, 6.07) is 19.5. The zero-order valence-electron chi connectivity index (χ0n) is 12.5. The van der Waals surface area contributed by atoms with Crippen LogP contribution in [0.5, 0.6) is 0 Å². The Kier molecular flexibility index (Phi) is 4.84. The second-order valence-electron chi connectivity index (χ2n) is 5.40. The minimum atomic E-state index is -0.182. The molecular formula is C19H17INS-. The van der Waals surface area contributed by atoms with Gasteiger partial charge in [-0.1, -0.05) is 0 Å². The Morgan fingerprint density at radius 1 is 0.818 bits per heavy atom. The van der Waals surface area contributed by atoms with E-state index in [4.69, 9.17) is 0 Å². The zero-order valence-corrected chi connectivity index (χ0v) is 15.6. The SMILES string of the molecule is Cc1cc(C)cc(-c2cc(-c3cccc([I-]S)c3)ccn2)c1. The van der Waals surface area contributed by atoms with Crippen LogP contribution >= 0.6 is 9.80 Å². The van der Waals surface area contributed by atoms with Crippen molar-refractivity contribution in [1.82, 2.24) is 4.98 Å². The van der Waals surface area contributed by atoms with E-state index in [1.54, 1.807) is 0 Å². The normalized spacial score (nSPS) is 10.9. The van der Waals surface area contributed by atoms with E-state index in [1.165, 1.54) is 31.4 Å². The van der Waals surface area contributed by atoms with E-state index >= 15 is 0 Å². The van der Waals surface area contributed by atoms with Crippen LogP contribution in [0.3, 0.4) is 0 Å². The van der Waals surface area contributed by atoms with Gasteiger partial charge in [-0.25, -0.2) is 0 Å². The summed E-state index contributed by atoms with van der Waals surface area (Å²) in [6.45, 7) is 4.25. The third-order valence-corrected chi connectivity index (χ3v) is 6.07. The summed E-state index contributed by atoms with van der Waals surface area (Å²) in [5.74, 6) is 0. The molecule has 3 heteroatoms. The molecule has 0 saturated heterocycles. The number of hydrogen-bond donors (Lipinski definition) is 1. The molecule has 0 aliphatic carbocycles. The first-order valence-corrected chi connectivity index (χ1v) is 11.4. The maximum atomic E-state index is 4.55. The van der Waals surface area contributed by atoms with E-state index in [9.17, 15) is 0 Å². The maximum absolute atomic E-state index is 4.55. The van der Waals surface area contributed by atoms with Gasteiger partial charge in [0, 0.05) is 0 Å². The molecule has 0 bridgehead atoms. The van der Waals surface area contributed by atoms with E-state index in [1.807, 2.05) is 6.20 Å². The number of pyridine rings is 1. The van der Waals surface area contributed by atoms with Crippen LogP contribution in [0.1, 0.15) is 11.1 Å². The van der Waals surface area contributed by atoms with Gasteiger partial charge < -0.3 is 0 Å². The number of aromatic nitrogens is 1. The number of benzene rings is 2. The molecule has 0 N–H and O–H groups in total. The van der Waals surface area contributed by atoms with Gasteiger partial charge in [0.15, 0.2) is 0 Å². The molecule has 2 aromatic carbocycles. The minimum absolute atomic E-state index is 0.182. The molecule has 1 heterocycles. The van der Waals surface area contributed by atoms with Gasteiger partial charge >= 0.3 is 146 Å². The Hall–Kier alpha value is -1.33. The molecular weight excluding hydrogens is 401 g/mol. The van der Waals surface area contributed by atoms with Crippen molar-refractivity contribution in [2.75, 3.05) is 0 Å². The number of halogens is 1. The molecule has 22 heavy (non-hydrogen) atoms. The molecule has 1 aromatic heterocycles. The van der Waals surface area contributed by atoms with Gasteiger partial charge in [-0.15, -0.1) is 0 Å². The van der Waals surface area contributed by atoms with Crippen LogP contribution in [-0.4, -0.2) is 4.98 Å². The van der Waals surface area contributed by atoms with Gasteiger partial charge in [0.2, 0.25) is 0 Å². The summed E-state index contributed by atoms with van der Waals surface area (Å²) < 4.78 is 1.34. The summed E-state index contributed by atoms with van der Waals surface area (Å²) in [5, 5.41) is 0. The van der Waals surface area contributed by atoms with Crippen LogP contribution in [-0.2, 0) is 0 Å². The number of thiol groups is 1. The average molecular weight is 418 g/mol. The fraction of sp³-hybridized carbons (Fsp3) is 0.105. The monoisotopic (exact) mass is 418 g/mol. The fourth-order valence-corrected chi connectivity index (χ4v) is 4.16. The van der Waals surface area contributed by atoms with Crippen molar-refractivity contribution in [2.24, 2.45) is 0 Å². The molecule has 3 aromatic rings. The molecule has 1 nitrogen and oxygen atoms in total. The molecule has 0 aliphatic rings. The fourth-order valence-electron chi connectivity index (χ4n) is 2.61. The average Bonchev–Trinajstić information content (AvgIpc) is 2.54. The van der Waals surface area contributed by atoms with E-state index in [0.29, 0.717) is 0 Å². The Labute approximate surface area is 145 Å². The van der Waals surface area contributed by atoms with Gasteiger partial charge in [-0.3, -0.25) is 0 Å². The first-order chi connectivity index (χ1) is 10.7. The molecule has 0 radical (unpaired) electrons. The Balaban J connectivity index is 2.05. The van der Waals surface area contributed by atoms with Gasteiger partial charge in [0.25, 0.3) is 0 Å². The number of nitrogens with zero attached hydrogens (tertiary/aromatic N) is 1. The van der Waals surface area contributed by atoms with Gasteiger partial charge in [-0.05, 0) is 0 Å². The molecule has 0 fully saturated rings. The van der Waals surface area contributed by atoms with Crippen molar-refractivity contribution < 1.29 is 19.8 Å². The zero-order chi connectivity index (χ0) is 15.5. The van der Waals surface area contributed by atoms with Crippen LogP contribution in [0.25, 0.3) is 22.4 Å². The van der Waals surface area contributed by atoms with Crippen molar-refractivity contribution in [1.29, 1.82) is 0 Å². The van der Waals surface area contributed by atoms with E-state index in [0.717, 1.165) is 5.69 Å². The summed E-state index contributed by atoms with van der Waals surface area (Å²) in [7, 11) is 4.47. The first kappa shape index (κ1) is 15.6. The van der Waals surface area contributed by atoms with Crippen LogP contribution in [0.2, 0.25) is 0 Å². The number of rotatable bonds is 3. The second-order valence-corrected chi connectivity index (χ2v) is 8.26. The summed E-state index contributed by atoms with van der Waals surface area (Å²) in [5.41, 5.74) is 7.18. The van der Waals surface area contributed by atoms with Crippen LogP contribution < -0.4 is 19.8 Å². The van der Waals surface area contributed by atoms with Crippen molar-refractivity contribution in [3.63, 3.8) is 0 Å². The third-order valence-electron chi connectivity index (χ3n) is 3.53. The van der Waals surface area contributed by atoms with E-state index < -0.39 is 0 Å². The van der Waals surface area contributed by atoms with Crippen LogP contribution in [0.4, 0.5) is 0 Å². The molecule has 0 aliphatic heterocycles. The van der Waals surface area contributed by atoms with Gasteiger partial charge in [0.1, 0.15) is 0 Å². The van der Waals surface area contributed by atoms with E-state index in [2.05, 4.69) is 83.2 Å². The van der Waals surface area contributed by atoms with Crippen molar-refractivity contribution in [3.8, 4) is 22.4 Å². The van der Waals surface area contributed by atoms with Crippen LogP contribution in [0, 0.1) is 17.4 Å². The molecule has 3 rings (SSSR count). The molecule has 0 spiro atoms. The van der Waals surface area contributed by atoms with Gasteiger partial charge in [0.05, 0.1) is 0 Å². The molecule has 0 unspecified atom stereocenters. The Morgan fingerprint density at radius 2 is 1.55 bits per heavy atom. The van der Waals surface area contributed by atoms with Crippen molar-refractivity contribution in [2.45, 2.75) is 13.8 Å². The predicted molar refractivity (Wildman–Crippen MR) is 92.3 cm³/mol. The second kappa shape index (κ2) is 6.84. The van der Waals surface area contributed by atoms with E-state index in [-0.39, 0.29) is 19.8 Å². The summed E-state index contributed by atoms with van der Waals surface area (Å²) in [4.78, 5) is 4.55. The number of aryl methyl sites for hydroxylation is 2. The molecule has 0 amide bonds. The third kappa shape index (κ3) is 3.52. The topological polar surface area (TPSA) is 12.9 Å². The van der Waals surface area contributed by atoms with Crippen LogP contribution in [0.15, 0.2) is 60.8 Å². The van der Waals surface area contributed by atoms with Gasteiger partial charge in [-0.2, -0.15) is 0 Å².